The predicted molar refractivity (Wildman–Crippen MR) is 140 cm³/mol. The van der Waals surface area contributed by atoms with Crippen LogP contribution in [0.4, 0.5) is 15.9 Å². The van der Waals surface area contributed by atoms with Gasteiger partial charge in [-0.05, 0) is 49.8 Å². The average molecular weight is 532 g/mol. The minimum Gasteiger partial charge on any atom is -0.493 e. The van der Waals surface area contributed by atoms with Gasteiger partial charge in [-0.25, -0.2) is 14.4 Å². The summed E-state index contributed by atoms with van der Waals surface area (Å²) in [7, 11) is 2.96. The van der Waals surface area contributed by atoms with Gasteiger partial charge in [0.2, 0.25) is 0 Å². The molecule has 198 valence electrons. The van der Waals surface area contributed by atoms with E-state index in [0.717, 1.165) is 25.7 Å². The maximum absolute atomic E-state index is 14.5. The zero-order valence-corrected chi connectivity index (χ0v) is 21.6. The summed E-state index contributed by atoms with van der Waals surface area (Å²) in [5.41, 5.74) is 6.42. The quantitative estimate of drug-likeness (QED) is 0.330. The summed E-state index contributed by atoms with van der Waals surface area (Å²) in [6.45, 7) is 0.986. The van der Waals surface area contributed by atoms with E-state index in [0.29, 0.717) is 41.3 Å². The van der Waals surface area contributed by atoms with Crippen molar-refractivity contribution < 1.29 is 23.4 Å². The van der Waals surface area contributed by atoms with Gasteiger partial charge in [0, 0.05) is 24.5 Å². The zero-order chi connectivity index (χ0) is 26.4. The van der Waals surface area contributed by atoms with Gasteiger partial charge in [-0.2, -0.15) is 0 Å². The second-order valence-corrected chi connectivity index (χ2v) is 9.27. The molecule has 3 aromatic rings. The Morgan fingerprint density at radius 1 is 1.19 bits per heavy atom. The van der Waals surface area contributed by atoms with Crippen LogP contribution in [-0.2, 0) is 9.53 Å². The van der Waals surface area contributed by atoms with E-state index >= 15 is 0 Å². The van der Waals surface area contributed by atoms with Crippen LogP contribution in [0.25, 0.3) is 10.9 Å². The Bertz CT molecular complexity index is 1240. The molecule has 1 saturated carbocycles. The van der Waals surface area contributed by atoms with Gasteiger partial charge >= 0.3 is 5.97 Å². The third-order valence-electron chi connectivity index (χ3n) is 6.57. The lowest BCUT2D eigenvalue weighted by molar-refractivity contribution is -0.145. The first kappa shape index (κ1) is 26.8. The van der Waals surface area contributed by atoms with Gasteiger partial charge in [-0.3, -0.25) is 4.79 Å². The highest BCUT2D eigenvalue weighted by Crippen LogP contribution is 2.38. The molecule has 1 aliphatic carbocycles. The molecule has 4 rings (SSSR count). The number of nitrogens with one attached hydrogen (secondary N) is 2. The number of carbonyl (C=O) groups excluding carboxylic acids is 1. The fraction of sp³-hybridized carbons (Fsp3) is 0.423. The van der Waals surface area contributed by atoms with Crippen molar-refractivity contribution in [2.75, 3.05) is 32.6 Å². The number of methoxy groups -OCH3 is 2. The molecule has 0 radical (unpaired) electrons. The van der Waals surface area contributed by atoms with Crippen molar-refractivity contribution in [3.8, 4) is 11.5 Å². The van der Waals surface area contributed by atoms with E-state index in [1.165, 1.54) is 19.5 Å². The van der Waals surface area contributed by atoms with Gasteiger partial charge < -0.3 is 30.6 Å². The van der Waals surface area contributed by atoms with Crippen LogP contribution in [-0.4, -0.2) is 55.4 Å². The normalized spacial score (nSPS) is 18.3. The molecule has 1 fully saturated rings. The zero-order valence-electron chi connectivity index (χ0n) is 20.8. The number of esters is 1. The fourth-order valence-corrected chi connectivity index (χ4v) is 4.85. The molecule has 0 aliphatic heterocycles. The Hall–Kier alpha value is -3.21. The van der Waals surface area contributed by atoms with Crippen LogP contribution >= 0.6 is 11.6 Å². The van der Waals surface area contributed by atoms with E-state index in [4.69, 9.17) is 31.5 Å². The van der Waals surface area contributed by atoms with Crippen LogP contribution in [0.15, 0.2) is 36.7 Å². The second-order valence-electron chi connectivity index (χ2n) is 8.87. The van der Waals surface area contributed by atoms with Crippen molar-refractivity contribution >= 4 is 40.0 Å². The van der Waals surface area contributed by atoms with Crippen LogP contribution in [0.2, 0.25) is 5.02 Å². The van der Waals surface area contributed by atoms with Gasteiger partial charge in [0.15, 0.2) is 17.3 Å². The molecule has 37 heavy (non-hydrogen) atoms. The van der Waals surface area contributed by atoms with E-state index in [-0.39, 0.29) is 34.7 Å². The smallest absolute Gasteiger partial charge is 0.323 e. The molecule has 1 aromatic heterocycles. The number of nitrogens with two attached hydrogens (primary N) is 1. The molecule has 0 unspecified atom stereocenters. The molecule has 0 saturated heterocycles. The number of aromatic nitrogens is 2. The van der Waals surface area contributed by atoms with Crippen molar-refractivity contribution in [3.63, 3.8) is 0 Å². The highest BCUT2D eigenvalue weighted by Gasteiger charge is 2.33. The van der Waals surface area contributed by atoms with E-state index in [1.54, 1.807) is 31.4 Å². The lowest BCUT2D eigenvalue weighted by atomic mass is 9.82. The number of ether oxygens (including phenoxy) is 3. The van der Waals surface area contributed by atoms with Crippen LogP contribution in [0.3, 0.4) is 0 Å². The second kappa shape index (κ2) is 12.4. The molecule has 1 heterocycles. The molecule has 2 aromatic carbocycles. The first-order chi connectivity index (χ1) is 17.9. The molecule has 1 aliphatic rings. The minimum absolute atomic E-state index is 0.0114. The molecule has 0 bridgehead atoms. The van der Waals surface area contributed by atoms with Crippen LogP contribution in [0, 0.1) is 11.7 Å². The Morgan fingerprint density at radius 3 is 2.68 bits per heavy atom. The Balaban J connectivity index is 1.53. The third kappa shape index (κ3) is 6.20. The third-order valence-corrected chi connectivity index (χ3v) is 6.86. The minimum atomic E-state index is -0.566. The summed E-state index contributed by atoms with van der Waals surface area (Å²) in [6.07, 6.45) is 4.43. The maximum Gasteiger partial charge on any atom is 0.323 e. The van der Waals surface area contributed by atoms with Crippen molar-refractivity contribution in [3.05, 3.63) is 47.5 Å². The average Bonchev–Trinajstić information content (AvgIpc) is 2.92. The highest BCUT2D eigenvalue weighted by molar-refractivity contribution is 6.31. The summed E-state index contributed by atoms with van der Waals surface area (Å²) in [5, 5.41) is 6.87. The van der Waals surface area contributed by atoms with Crippen molar-refractivity contribution in [1.82, 2.24) is 15.3 Å². The lowest BCUT2D eigenvalue weighted by Gasteiger charge is -2.33. The van der Waals surface area contributed by atoms with E-state index in [9.17, 15) is 9.18 Å². The fourth-order valence-electron chi connectivity index (χ4n) is 4.67. The molecule has 11 heteroatoms. The molecule has 0 amide bonds. The number of hydrogen-bond donors (Lipinski definition) is 3. The number of rotatable bonds is 10. The number of benzene rings is 2. The van der Waals surface area contributed by atoms with E-state index < -0.39 is 5.82 Å². The topological polar surface area (TPSA) is 121 Å². The van der Waals surface area contributed by atoms with Crippen molar-refractivity contribution in [2.24, 2.45) is 11.7 Å². The van der Waals surface area contributed by atoms with Gasteiger partial charge in [0.1, 0.15) is 18.2 Å². The lowest BCUT2D eigenvalue weighted by Crippen LogP contribution is -2.47. The van der Waals surface area contributed by atoms with Gasteiger partial charge in [0.25, 0.3) is 0 Å². The summed E-state index contributed by atoms with van der Waals surface area (Å²) in [6, 6.07) is 7.89. The number of anilines is 2. The number of fused-ring (bicyclic) bond motifs is 1. The number of halogens is 2. The van der Waals surface area contributed by atoms with E-state index in [1.807, 2.05) is 0 Å². The molecule has 1 atom stereocenters. The first-order valence-corrected chi connectivity index (χ1v) is 12.5. The Kier molecular flexibility index (Phi) is 8.96. The van der Waals surface area contributed by atoms with Crippen molar-refractivity contribution in [2.45, 2.75) is 37.8 Å². The summed E-state index contributed by atoms with van der Waals surface area (Å²) in [5.74, 6) is 0.774. The van der Waals surface area contributed by atoms with Crippen LogP contribution in [0.1, 0.15) is 25.7 Å². The number of hydrogen-bond acceptors (Lipinski definition) is 9. The summed E-state index contributed by atoms with van der Waals surface area (Å²) >= 11 is 5.93. The molecule has 9 nitrogen and oxygen atoms in total. The van der Waals surface area contributed by atoms with Gasteiger partial charge in [0.05, 0.1) is 36.6 Å². The molecule has 4 N–H and O–H groups in total. The van der Waals surface area contributed by atoms with Gasteiger partial charge in [-0.1, -0.05) is 17.7 Å². The van der Waals surface area contributed by atoms with Gasteiger partial charge in [-0.15, -0.1) is 0 Å². The van der Waals surface area contributed by atoms with Crippen molar-refractivity contribution in [1.29, 1.82) is 0 Å². The summed E-state index contributed by atoms with van der Waals surface area (Å²) < 4.78 is 31.4. The largest absolute Gasteiger partial charge is 0.493 e. The monoisotopic (exact) mass is 531 g/mol. The molecular formula is C26H31ClFN5O4. The SMILES string of the molecule is COC(=O)[C@H](NCCN)[C@H]1CC[C@@H](Oc2cc3c(Nc4cccc(Cl)c4F)ncnc3cc2OC)CC1. The van der Waals surface area contributed by atoms with Crippen LogP contribution in [0.5, 0.6) is 11.5 Å². The first-order valence-electron chi connectivity index (χ1n) is 12.2. The Morgan fingerprint density at radius 2 is 1.97 bits per heavy atom. The Labute approximate surface area is 219 Å². The number of nitrogens with zero attached hydrogens (tertiary/aromatic N) is 2. The summed E-state index contributed by atoms with van der Waals surface area (Å²) in [4.78, 5) is 20.9. The molecule has 0 spiro atoms. The predicted octanol–water partition coefficient (Wildman–Crippen LogP) is 4.20. The highest BCUT2D eigenvalue weighted by atomic mass is 35.5. The van der Waals surface area contributed by atoms with E-state index in [2.05, 4.69) is 20.6 Å². The van der Waals surface area contributed by atoms with Crippen LogP contribution < -0.4 is 25.8 Å². The molecular weight excluding hydrogens is 501 g/mol. The standard InChI is InChI=1S/C26H31ClFN5O4/c1-35-21-13-20-17(25(32-14-31-20)33-19-5-3-4-18(27)23(19)28)12-22(21)37-16-8-6-15(7-9-16)24(26(34)36-2)30-11-10-29/h3-5,12-16,24,30H,6-11,29H2,1-2H3,(H,31,32,33)/t15-,16+,24-/m1/s1. The maximum atomic E-state index is 14.5. The number of carbonyl (C=O) groups is 1.